The van der Waals surface area contributed by atoms with E-state index in [4.69, 9.17) is 0 Å². The van der Waals surface area contributed by atoms with Gasteiger partial charge in [-0.05, 0) is 41.5 Å². The molecule has 0 spiro atoms. The number of hydrogen-bond donors (Lipinski definition) is 2. The molecule has 2 rings (SSSR count). The predicted octanol–water partition coefficient (Wildman–Crippen LogP) is 4.45. The van der Waals surface area contributed by atoms with Crippen LogP contribution in [-0.2, 0) is 19.3 Å². The number of benzene rings is 2. The Morgan fingerprint density at radius 3 is 2.05 bits per heavy atom. The van der Waals surface area contributed by atoms with E-state index in [1.165, 1.54) is 11.6 Å². The first-order valence-corrected chi connectivity index (χ1v) is 7.28. The van der Waals surface area contributed by atoms with E-state index in [0.717, 1.165) is 41.5 Å². The topological polar surface area (TPSA) is 40.5 Å². The summed E-state index contributed by atoms with van der Waals surface area (Å²) in [4.78, 5) is 0. The minimum atomic E-state index is 0.164. The molecule has 0 aliphatic carbocycles. The van der Waals surface area contributed by atoms with Gasteiger partial charge in [0.15, 0.2) is 0 Å². The molecule has 0 aromatic heterocycles. The molecule has 2 heteroatoms. The van der Waals surface area contributed by atoms with Crippen molar-refractivity contribution in [3.63, 3.8) is 0 Å². The van der Waals surface area contributed by atoms with E-state index < -0.39 is 0 Å². The van der Waals surface area contributed by atoms with Gasteiger partial charge in [0.1, 0.15) is 11.5 Å². The van der Waals surface area contributed by atoms with E-state index in [1.807, 2.05) is 25.1 Å². The van der Waals surface area contributed by atoms with Gasteiger partial charge in [0.25, 0.3) is 0 Å². The zero-order valence-corrected chi connectivity index (χ0v) is 12.4. The van der Waals surface area contributed by atoms with Crippen molar-refractivity contribution in [1.82, 2.24) is 0 Å². The molecule has 0 aliphatic heterocycles. The Morgan fingerprint density at radius 1 is 0.800 bits per heavy atom. The summed E-state index contributed by atoms with van der Waals surface area (Å²) in [7, 11) is 0. The van der Waals surface area contributed by atoms with E-state index in [-0.39, 0.29) is 11.5 Å². The molecule has 0 atom stereocenters. The normalized spacial score (nSPS) is 10.8. The van der Waals surface area contributed by atoms with Gasteiger partial charge in [0.05, 0.1) is 0 Å². The molecule has 2 aromatic rings. The van der Waals surface area contributed by atoms with Crippen molar-refractivity contribution in [2.45, 2.75) is 40.0 Å². The van der Waals surface area contributed by atoms with Crippen LogP contribution >= 0.6 is 0 Å². The van der Waals surface area contributed by atoms with Crippen molar-refractivity contribution in [2.24, 2.45) is 0 Å². The van der Waals surface area contributed by atoms with E-state index in [9.17, 15) is 10.2 Å². The maximum Gasteiger partial charge on any atom is 0.127 e. The molecule has 0 bridgehead atoms. The molecule has 0 aliphatic rings. The highest BCUT2D eigenvalue weighted by Crippen LogP contribution is 2.41. The van der Waals surface area contributed by atoms with Crippen LogP contribution in [0.5, 0.6) is 11.5 Å². The van der Waals surface area contributed by atoms with Crippen LogP contribution in [0.4, 0.5) is 0 Å². The lowest BCUT2D eigenvalue weighted by atomic mass is 9.88. The van der Waals surface area contributed by atoms with Gasteiger partial charge in [-0.1, -0.05) is 45.0 Å². The third kappa shape index (κ3) is 2.38. The van der Waals surface area contributed by atoms with Crippen molar-refractivity contribution >= 4 is 0 Å². The summed E-state index contributed by atoms with van der Waals surface area (Å²) in [5, 5.41) is 20.4. The third-order valence-electron chi connectivity index (χ3n) is 3.88. The molecule has 0 saturated heterocycles. The van der Waals surface area contributed by atoms with Crippen LogP contribution in [0.1, 0.15) is 37.5 Å². The molecule has 2 N–H and O–H groups in total. The Kier molecular flexibility index (Phi) is 4.33. The van der Waals surface area contributed by atoms with E-state index in [0.29, 0.717) is 0 Å². The summed E-state index contributed by atoms with van der Waals surface area (Å²) >= 11 is 0. The Bertz CT molecular complexity index is 615. The molecule has 106 valence electrons. The standard InChI is InChI=1S/C18H22O2/c1-4-12-9-7-8-10-15(12)18-14(6-3)13(5-2)16(19)11-17(18)20/h7-11,19-20H,4-6H2,1-3H3. The number of rotatable bonds is 4. The van der Waals surface area contributed by atoms with Crippen molar-refractivity contribution in [1.29, 1.82) is 0 Å². The summed E-state index contributed by atoms with van der Waals surface area (Å²) in [6.45, 7) is 6.20. The largest absolute Gasteiger partial charge is 0.508 e. The molecule has 0 radical (unpaired) electrons. The number of phenols is 2. The summed E-state index contributed by atoms with van der Waals surface area (Å²) < 4.78 is 0. The Hall–Kier alpha value is -1.96. The van der Waals surface area contributed by atoms with Crippen molar-refractivity contribution in [2.75, 3.05) is 0 Å². The molecular formula is C18H22O2. The van der Waals surface area contributed by atoms with Gasteiger partial charge in [-0.3, -0.25) is 0 Å². The average molecular weight is 270 g/mol. The van der Waals surface area contributed by atoms with Gasteiger partial charge in [-0.15, -0.1) is 0 Å². The molecule has 0 fully saturated rings. The fraction of sp³-hybridized carbons (Fsp3) is 0.333. The molecule has 0 heterocycles. The average Bonchev–Trinajstić information content (AvgIpc) is 2.46. The first kappa shape index (κ1) is 14.4. The van der Waals surface area contributed by atoms with Gasteiger partial charge in [0, 0.05) is 11.6 Å². The Morgan fingerprint density at radius 2 is 1.45 bits per heavy atom. The van der Waals surface area contributed by atoms with Crippen LogP contribution in [0, 0.1) is 0 Å². The van der Waals surface area contributed by atoms with Crippen molar-refractivity contribution in [3.8, 4) is 22.6 Å². The molecular weight excluding hydrogens is 248 g/mol. The lowest BCUT2D eigenvalue weighted by Gasteiger charge is -2.18. The lowest BCUT2D eigenvalue weighted by molar-refractivity contribution is 0.446. The second-order valence-corrected chi connectivity index (χ2v) is 4.96. The molecule has 2 aromatic carbocycles. The van der Waals surface area contributed by atoms with Gasteiger partial charge in [-0.25, -0.2) is 0 Å². The molecule has 0 unspecified atom stereocenters. The summed E-state index contributed by atoms with van der Waals surface area (Å²) in [6, 6.07) is 9.62. The summed E-state index contributed by atoms with van der Waals surface area (Å²) in [5.74, 6) is 0.358. The van der Waals surface area contributed by atoms with Gasteiger partial charge >= 0.3 is 0 Å². The summed E-state index contributed by atoms with van der Waals surface area (Å²) in [6.07, 6.45) is 2.47. The third-order valence-corrected chi connectivity index (χ3v) is 3.88. The molecule has 0 amide bonds. The van der Waals surface area contributed by atoms with Crippen LogP contribution < -0.4 is 0 Å². The summed E-state index contributed by atoms with van der Waals surface area (Å²) in [5.41, 5.74) is 5.14. The number of phenolic OH excluding ortho intramolecular Hbond substituents is 2. The van der Waals surface area contributed by atoms with Crippen LogP contribution in [0.3, 0.4) is 0 Å². The highest BCUT2D eigenvalue weighted by molar-refractivity contribution is 5.79. The second kappa shape index (κ2) is 6.00. The predicted molar refractivity (Wildman–Crippen MR) is 83.3 cm³/mol. The lowest BCUT2D eigenvalue weighted by Crippen LogP contribution is -1.98. The van der Waals surface area contributed by atoms with Crippen molar-refractivity contribution in [3.05, 3.63) is 47.0 Å². The number of hydrogen-bond acceptors (Lipinski definition) is 2. The van der Waals surface area contributed by atoms with E-state index in [1.54, 1.807) is 0 Å². The zero-order chi connectivity index (χ0) is 14.7. The highest BCUT2D eigenvalue weighted by atomic mass is 16.3. The highest BCUT2D eigenvalue weighted by Gasteiger charge is 2.18. The first-order valence-electron chi connectivity index (χ1n) is 7.28. The van der Waals surface area contributed by atoms with Gasteiger partial charge in [-0.2, -0.15) is 0 Å². The number of aryl methyl sites for hydroxylation is 1. The maximum absolute atomic E-state index is 10.3. The minimum Gasteiger partial charge on any atom is -0.508 e. The Balaban J connectivity index is 2.79. The quantitative estimate of drug-likeness (QED) is 0.861. The molecule has 0 saturated carbocycles. The zero-order valence-electron chi connectivity index (χ0n) is 12.4. The van der Waals surface area contributed by atoms with Crippen molar-refractivity contribution < 1.29 is 10.2 Å². The van der Waals surface area contributed by atoms with Crippen LogP contribution in [0.2, 0.25) is 0 Å². The van der Waals surface area contributed by atoms with Crippen LogP contribution in [-0.4, -0.2) is 10.2 Å². The number of aromatic hydroxyl groups is 2. The monoisotopic (exact) mass is 270 g/mol. The SMILES string of the molecule is CCc1ccccc1-c1c(O)cc(O)c(CC)c1CC. The molecule has 20 heavy (non-hydrogen) atoms. The maximum atomic E-state index is 10.3. The fourth-order valence-electron chi connectivity index (χ4n) is 2.91. The molecule has 2 nitrogen and oxygen atoms in total. The fourth-order valence-corrected chi connectivity index (χ4v) is 2.91. The van der Waals surface area contributed by atoms with Gasteiger partial charge in [0.2, 0.25) is 0 Å². The van der Waals surface area contributed by atoms with E-state index >= 15 is 0 Å². The Labute approximate surface area is 120 Å². The smallest absolute Gasteiger partial charge is 0.127 e. The van der Waals surface area contributed by atoms with Gasteiger partial charge < -0.3 is 10.2 Å². The first-order chi connectivity index (χ1) is 9.63. The second-order valence-electron chi connectivity index (χ2n) is 4.96. The van der Waals surface area contributed by atoms with E-state index in [2.05, 4.69) is 19.9 Å². The van der Waals surface area contributed by atoms with Crippen LogP contribution in [0.15, 0.2) is 30.3 Å². The van der Waals surface area contributed by atoms with Crippen LogP contribution in [0.25, 0.3) is 11.1 Å². The minimum absolute atomic E-state index is 0.164.